The third kappa shape index (κ3) is 2.87. The van der Waals surface area contributed by atoms with E-state index < -0.39 is 0 Å². The van der Waals surface area contributed by atoms with Crippen LogP contribution in [0.15, 0.2) is 10.8 Å². The van der Waals surface area contributed by atoms with Gasteiger partial charge in [-0.15, -0.1) is 0 Å². The molecular weight excluding hydrogens is 284 g/mol. The number of anilines is 2. The minimum absolute atomic E-state index is 0.244. The van der Waals surface area contributed by atoms with E-state index in [-0.39, 0.29) is 12.1 Å². The number of hydrogen-bond acceptors (Lipinski definition) is 5. The summed E-state index contributed by atoms with van der Waals surface area (Å²) in [4.78, 5) is 8.36. The van der Waals surface area contributed by atoms with Gasteiger partial charge < -0.3 is 15.4 Å². The smallest absolute Gasteiger partial charge is 0.146 e. The first-order valence-corrected chi connectivity index (χ1v) is 6.58. The molecule has 6 heteroatoms. The average molecular weight is 301 g/mol. The van der Waals surface area contributed by atoms with Gasteiger partial charge in [-0.25, -0.2) is 9.97 Å². The predicted molar refractivity (Wildman–Crippen MR) is 71.3 cm³/mol. The van der Waals surface area contributed by atoms with Gasteiger partial charge in [0, 0.05) is 13.7 Å². The first-order chi connectivity index (χ1) is 8.22. The van der Waals surface area contributed by atoms with Crippen molar-refractivity contribution in [3.63, 3.8) is 0 Å². The van der Waals surface area contributed by atoms with Crippen LogP contribution in [0.25, 0.3) is 0 Å². The van der Waals surface area contributed by atoms with E-state index >= 15 is 0 Å². The number of aromatic nitrogens is 2. The lowest BCUT2D eigenvalue weighted by Gasteiger charge is -2.21. The van der Waals surface area contributed by atoms with Crippen LogP contribution in [0, 0.1) is 0 Å². The molecule has 2 rings (SSSR count). The van der Waals surface area contributed by atoms with Crippen molar-refractivity contribution in [3.8, 4) is 0 Å². The second kappa shape index (κ2) is 5.64. The number of nitrogens with one attached hydrogen (secondary N) is 2. The predicted octanol–water partition coefficient (Wildman–Crippen LogP) is 2.26. The van der Waals surface area contributed by atoms with Gasteiger partial charge in [-0.1, -0.05) is 0 Å². The standard InChI is InChI=1S/C11H17BrN4O/c1-7(8-4-3-5-17-8)16-11-9(12)10(13-2)14-6-15-11/h6-8H,3-5H2,1-2H3,(H2,13,14,15,16). The fourth-order valence-electron chi connectivity index (χ4n) is 1.95. The van der Waals surface area contributed by atoms with Crippen LogP contribution in [-0.2, 0) is 4.74 Å². The van der Waals surface area contributed by atoms with Crippen molar-refractivity contribution in [1.29, 1.82) is 0 Å². The zero-order valence-corrected chi connectivity index (χ0v) is 11.6. The molecule has 1 fully saturated rings. The molecule has 2 heterocycles. The SMILES string of the molecule is CNc1ncnc(NC(C)C2CCCO2)c1Br. The van der Waals surface area contributed by atoms with Gasteiger partial charge >= 0.3 is 0 Å². The van der Waals surface area contributed by atoms with Crippen molar-refractivity contribution < 1.29 is 4.74 Å². The Bertz CT molecular complexity index is 382. The number of halogens is 1. The summed E-state index contributed by atoms with van der Waals surface area (Å²) in [6.07, 6.45) is 4.07. The van der Waals surface area contributed by atoms with Gasteiger partial charge in [-0.05, 0) is 35.7 Å². The summed E-state index contributed by atoms with van der Waals surface area (Å²) in [6.45, 7) is 2.98. The monoisotopic (exact) mass is 300 g/mol. The van der Waals surface area contributed by atoms with Crippen LogP contribution in [0.5, 0.6) is 0 Å². The van der Waals surface area contributed by atoms with Crippen molar-refractivity contribution >= 4 is 27.6 Å². The molecule has 1 aromatic rings. The number of nitrogens with zero attached hydrogens (tertiary/aromatic N) is 2. The van der Waals surface area contributed by atoms with Crippen molar-refractivity contribution in [2.75, 3.05) is 24.3 Å². The van der Waals surface area contributed by atoms with Crippen molar-refractivity contribution in [1.82, 2.24) is 9.97 Å². The molecule has 1 saturated heterocycles. The van der Waals surface area contributed by atoms with Crippen LogP contribution in [0.1, 0.15) is 19.8 Å². The fraction of sp³-hybridized carbons (Fsp3) is 0.636. The highest BCUT2D eigenvalue weighted by atomic mass is 79.9. The Morgan fingerprint density at radius 2 is 2.24 bits per heavy atom. The van der Waals surface area contributed by atoms with Crippen LogP contribution in [0.2, 0.25) is 0 Å². The summed E-state index contributed by atoms with van der Waals surface area (Å²) in [6, 6.07) is 0.244. The first-order valence-electron chi connectivity index (χ1n) is 5.78. The summed E-state index contributed by atoms with van der Waals surface area (Å²) >= 11 is 3.49. The minimum Gasteiger partial charge on any atom is -0.376 e. The summed E-state index contributed by atoms with van der Waals surface area (Å²) in [5.41, 5.74) is 0. The van der Waals surface area contributed by atoms with E-state index in [1.807, 2.05) is 7.05 Å². The van der Waals surface area contributed by atoms with E-state index in [0.29, 0.717) is 0 Å². The lowest BCUT2D eigenvalue weighted by Crippen LogP contribution is -2.30. The molecule has 2 N–H and O–H groups in total. The first kappa shape index (κ1) is 12.6. The molecule has 1 aromatic heterocycles. The van der Waals surface area contributed by atoms with E-state index in [0.717, 1.165) is 35.6 Å². The summed E-state index contributed by atoms with van der Waals surface area (Å²) in [5.74, 6) is 1.58. The summed E-state index contributed by atoms with van der Waals surface area (Å²) in [7, 11) is 1.83. The van der Waals surface area contributed by atoms with E-state index in [1.165, 1.54) is 0 Å². The van der Waals surface area contributed by atoms with Gasteiger partial charge in [0.2, 0.25) is 0 Å². The minimum atomic E-state index is 0.244. The maximum atomic E-state index is 5.65. The average Bonchev–Trinajstić information content (AvgIpc) is 2.85. The summed E-state index contributed by atoms with van der Waals surface area (Å²) < 4.78 is 6.50. The molecule has 0 aliphatic carbocycles. The molecule has 94 valence electrons. The van der Waals surface area contributed by atoms with Crippen LogP contribution in [-0.4, -0.2) is 35.8 Å². The Morgan fingerprint density at radius 1 is 1.47 bits per heavy atom. The second-order valence-electron chi connectivity index (χ2n) is 4.12. The van der Waals surface area contributed by atoms with Crippen LogP contribution in [0.4, 0.5) is 11.6 Å². The Balaban J connectivity index is 2.07. The van der Waals surface area contributed by atoms with Crippen LogP contribution in [0.3, 0.4) is 0 Å². The third-order valence-corrected chi connectivity index (χ3v) is 3.66. The maximum absolute atomic E-state index is 5.65. The van der Waals surface area contributed by atoms with E-state index in [2.05, 4.69) is 43.5 Å². The molecule has 2 atom stereocenters. The molecule has 1 aliphatic heterocycles. The highest BCUT2D eigenvalue weighted by molar-refractivity contribution is 9.10. The normalized spacial score (nSPS) is 21.2. The molecule has 0 aromatic carbocycles. The Hall–Kier alpha value is -0.880. The molecular formula is C11H17BrN4O. The number of ether oxygens (including phenoxy) is 1. The highest BCUT2D eigenvalue weighted by Crippen LogP contribution is 2.27. The van der Waals surface area contributed by atoms with Gasteiger partial charge in [-0.3, -0.25) is 0 Å². The Kier molecular flexibility index (Phi) is 4.17. The maximum Gasteiger partial charge on any atom is 0.146 e. The Morgan fingerprint density at radius 3 is 2.88 bits per heavy atom. The highest BCUT2D eigenvalue weighted by Gasteiger charge is 2.23. The molecule has 0 saturated carbocycles. The molecule has 1 aliphatic rings. The molecule has 0 amide bonds. The quantitative estimate of drug-likeness (QED) is 0.893. The van der Waals surface area contributed by atoms with Gasteiger partial charge in [-0.2, -0.15) is 0 Å². The van der Waals surface area contributed by atoms with Gasteiger partial charge in [0.25, 0.3) is 0 Å². The van der Waals surface area contributed by atoms with Crippen molar-refractivity contribution in [2.24, 2.45) is 0 Å². The third-order valence-electron chi connectivity index (χ3n) is 2.91. The zero-order valence-electron chi connectivity index (χ0n) is 10.0. The largest absolute Gasteiger partial charge is 0.376 e. The Labute approximate surface area is 110 Å². The van der Waals surface area contributed by atoms with Crippen molar-refractivity contribution in [2.45, 2.75) is 31.9 Å². The van der Waals surface area contributed by atoms with Crippen LogP contribution >= 0.6 is 15.9 Å². The lowest BCUT2D eigenvalue weighted by molar-refractivity contribution is 0.0995. The van der Waals surface area contributed by atoms with E-state index in [1.54, 1.807) is 6.33 Å². The number of rotatable bonds is 4. The molecule has 17 heavy (non-hydrogen) atoms. The number of hydrogen-bond donors (Lipinski definition) is 2. The molecule has 2 unspecified atom stereocenters. The molecule has 5 nitrogen and oxygen atoms in total. The fourth-order valence-corrected chi connectivity index (χ4v) is 2.47. The molecule has 0 radical (unpaired) electrons. The summed E-state index contributed by atoms with van der Waals surface area (Å²) in [5, 5.41) is 6.37. The molecule has 0 bridgehead atoms. The van der Waals surface area contributed by atoms with E-state index in [4.69, 9.17) is 4.74 Å². The lowest BCUT2D eigenvalue weighted by atomic mass is 10.1. The topological polar surface area (TPSA) is 59.1 Å². The van der Waals surface area contributed by atoms with Gasteiger partial charge in [0.05, 0.1) is 12.1 Å². The molecule has 0 spiro atoms. The van der Waals surface area contributed by atoms with Crippen LogP contribution < -0.4 is 10.6 Å². The van der Waals surface area contributed by atoms with E-state index in [9.17, 15) is 0 Å². The van der Waals surface area contributed by atoms with Crippen molar-refractivity contribution in [3.05, 3.63) is 10.8 Å². The zero-order chi connectivity index (χ0) is 12.3. The van der Waals surface area contributed by atoms with Gasteiger partial charge in [0.15, 0.2) is 0 Å². The van der Waals surface area contributed by atoms with Gasteiger partial charge in [0.1, 0.15) is 22.4 Å². The second-order valence-corrected chi connectivity index (χ2v) is 4.91.